The number of nitrogens with zero attached hydrogens (tertiary/aromatic N) is 2. The topological polar surface area (TPSA) is 82.1 Å². The first-order valence-corrected chi connectivity index (χ1v) is 9.94. The van der Waals surface area contributed by atoms with Crippen molar-refractivity contribution in [2.75, 3.05) is 44.3 Å². The quantitative estimate of drug-likeness (QED) is 0.794. The molecule has 1 aromatic rings. The summed E-state index contributed by atoms with van der Waals surface area (Å²) in [4.78, 5) is 28.6. The van der Waals surface area contributed by atoms with E-state index in [4.69, 9.17) is 4.74 Å². The van der Waals surface area contributed by atoms with Crippen molar-refractivity contribution in [3.05, 3.63) is 29.8 Å². The van der Waals surface area contributed by atoms with Crippen molar-refractivity contribution in [1.82, 2.24) is 10.2 Å². The first-order valence-electron chi connectivity index (χ1n) is 9.94. The predicted octanol–water partition coefficient (Wildman–Crippen LogP) is 1.32. The molecule has 0 radical (unpaired) electrons. The second-order valence-electron chi connectivity index (χ2n) is 8.53. The molecule has 2 saturated heterocycles. The van der Waals surface area contributed by atoms with Gasteiger partial charge in [0.1, 0.15) is 0 Å². The van der Waals surface area contributed by atoms with E-state index in [1.807, 2.05) is 45.0 Å². The molecule has 0 aliphatic carbocycles. The van der Waals surface area contributed by atoms with E-state index in [9.17, 15) is 14.7 Å². The highest BCUT2D eigenvalue weighted by atomic mass is 16.5. The van der Waals surface area contributed by atoms with Gasteiger partial charge in [-0.05, 0) is 38.5 Å². The Balaban J connectivity index is 1.50. The highest BCUT2D eigenvalue weighted by Crippen LogP contribution is 2.26. The van der Waals surface area contributed by atoms with Gasteiger partial charge in [-0.2, -0.15) is 0 Å². The van der Waals surface area contributed by atoms with E-state index in [0.717, 1.165) is 37.6 Å². The number of amides is 2. The maximum atomic E-state index is 12.4. The van der Waals surface area contributed by atoms with Crippen LogP contribution in [0.4, 0.5) is 5.69 Å². The van der Waals surface area contributed by atoms with Crippen LogP contribution in [0.1, 0.15) is 38.9 Å². The largest absolute Gasteiger partial charge is 0.387 e. The average Bonchev–Trinajstić information content (AvgIpc) is 3.09. The van der Waals surface area contributed by atoms with Gasteiger partial charge < -0.3 is 25.0 Å². The zero-order valence-electron chi connectivity index (χ0n) is 17.0. The van der Waals surface area contributed by atoms with Gasteiger partial charge in [0.05, 0.1) is 25.2 Å². The van der Waals surface area contributed by atoms with Crippen molar-refractivity contribution in [3.8, 4) is 0 Å². The summed E-state index contributed by atoms with van der Waals surface area (Å²) in [5.41, 5.74) is 1.58. The number of aliphatic hydroxyl groups is 1. The van der Waals surface area contributed by atoms with Crippen LogP contribution in [-0.2, 0) is 14.3 Å². The standard InChI is InChI=1S/C21H31N3O4/c1-21(2,3)24-14-16(12-19(24)26)20(27)22-13-18(25)15-4-6-17(7-5-15)23-8-10-28-11-9-23/h4-7,16,18,25H,8-14H2,1-3H3,(H,22,27). The minimum absolute atomic E-state index is 0.00639. The Hall–Kier alpha value is -2.12. The predicted molar refractivity (Wildman–Crippen MR) is 107 cm³/mol. The smallest absolute Gasteiger partial charge is 0.225 e. The minimum Gasteiger partial charge on any atom is -0.387 e. The van der Waals surface area contributed by atoms with Crippen molar-refractivity contribution in [1.29, 1.82) is 0 Å². The molecule has 7 nitrogen and oxygen atoms in total. The molecular formula is C21H31N3O4. The molecule has 0 bridgehead atoms. The number of nitrogens with one attached hydrogen (secondary N) is 1. The van der Waals surface area contributed by atoms with Crippen LogP contribution in [0.3, 0.4) is 0 Å². The first-order chi connectivity index (χ1) is 13.3. The highest BCUT2D eigenvalue weighted by molar-refractivity contribution is 5.89. The number of hydrogen-bond donors (Lipinski definition) is 2. The third kappa shape index (κ3) is 4.83. The van der Waals surface area contributed by atoms with E-state index >= 15 is 0 Å². The molecule has 2 fully saturated rings. The van der Waals surface area contributed by atoms with Crippen LogP contribution in [0, 0.1) is 5.92 Å². The van der Waals surface area contributed by atoms with E-state index in [1.165, 1.54) is 0 Å². The third-order valence-corrected chi connectivity index (χ3v) is 5.43. The van der Waals surface area contributed by atoms with Gasteiger partial charge in [-0.1, -0.05) is 12.1 Å². The summed E-state index contributed by atoms with van der Waals surface area (Å²) < 4.78 is 5.37. The van der Waals surface area contributed by atoms with Crippen LogP contribution in [0.15, 0.2) is 24.3 Å². The average molecular weight is 389 g/mol. The number of morpholine rings is 1. The summed E-state index contributed by atoms with van der Waals surface area (Å²) in [6.07, 6.45) is -0.550. The summed E-state index contributed by atoms with van der Waals surface area (Å²) in [6.45, 7) is 9.65. The molecule has 2 N–H and O–H groups in total. The Morgan fingerprint density at radius 2 is 1.89 bits per heavy atom. The summed E-state index contributed by atoms with van der Waals surface area (Å²) in [5, 5.41) is 13.2. The molecule has 0 spiro atoms. The molecule has 3 rings (SSSR count). The lowest BCUT2D eigenvalue weighted by molar-refractivity contribution is -0.132. The van der Waals surface area contributed by atoms with Gasteiger partial charge >= 0.3 is 0 Å². The number of rotatable bonds is 5. The normalized spacial score (nSPS) is 21.7. The second kappa shape index (κ2) is 8.49. The first kappa shape index (κ1) is 20.6. The molecule has 0 saturated carbocycles. The minimum atomic E-state index is -0.779. The van der Waals surface area contributed by atoms with Crippen molar-refractivity contribution in [2.24, 2.45) is 5.92 Å². The molecule has 28 heavy (non-hydrogen) atoms. The van der Waals surface area contributed by atoms with Crippen LogP contribution in [0.2, 0.25) is 0 Å². The van der Waals surface area contributed by atoms with Gasteiger partial charge in [0.15, 0.2) is 0 Å². The van der Waals surface area contributed by atoms with Crippen molar-refractivity contribution < 1.29 is 19.4 Å². The third-order valence-electron chi connectivity index (χ3n) is 5.43. The number of hydrogen-bond acceptors (Lipinski definition) is 5. The SMILES string of the molecule is CC(C)(C)N1CC(C(=O)NCC(O)c2ccc(N3CCOCC3)cc2)CC1=O. The van der Waals surface area contributed by atoms with E-state index in [0.29, 0.717) is 6.54 Å². The molecule has 2 aliphatic rings. The molecule has 2 heterocycles. The van der Waals surface area contributed by atoms with Crippen molar-refractivity contribution >= 4 is 17.5 Å². The number of benzene rings is 1. The van der Waals surface area contributed by atoms with Crippen molar-refractivity contribution in [3.63, 3.8) is 0 Å². The van der Waals surface area contributed by atoms with E-state index < -0.39 is 6.10 Å². The summed E-state index contributed by atoms with van der Waals surface area (Å²) >= 11 is 0. The lowest BCUT2D eigenvalue weighted by Crippen LogP contribution is -2.43. The molecule has 0 aromatic heterocycles. The fourth-order valence-corrected chi connectivity index (χ4v) is 3.72. The Labute approximate surface area is 166 Å². The van der Waals surface area contributed by atoms with Gasteiger partial charge in [0.25, 0.3) is 0 Å². The lowest BCUT2D eigenvalue weighted by atomic mass is 10.1. The molecule has 154 valence electrons. The molecule has 2 atom stereocenters. The number of likely N-dealkylation sites (tertiary alicyclic amines) is 1. The van der Waals surface area contributed by atoms with E-state index in [-0.39, 0.29) is 36.2 Å². The monoisotopic (exact) mass is 389 g/mol. The number of carbonyl (C=O) groups is 2. The molecule has 2 unspecified atom stereocenters. The molecular weight excluding hydrogens is 358 g/mol. The molecule has 2 aliphatic heterocycles. The van der Waals surface area contributed by atoms with Crippen molar-refractivity contribution in [2.45, 2.75) is 38.8 Å². The van der Waals surface area contributed by atoms with Gasteiger partial charge in [0.2, 0.25) is 11.8 Å². The maximum absolute atomic E-state index is 12.4. The summed E-state index contributed by atoms with van der Waals surface area (Å²) in [6, 6.07) is 7.76. The highest BCUT2D eigenvalue weighted by Gasteiger charge is 2.39. The summed E-state index contributed by atoms with van der Waals surface area (Å²) in [7, 11) is 0. The van der Waals surface area contributed by atoms with Crippen LogP contribution in [-0.4, -0.2) is 66.8 Å². The summed E-state index contributed by atoms with van der Waals surface area (Å²) in [5.74, 6) is -0.529. The molecule has 1 aromatic carbocycles. The zero-order valence-corrected chi connectivity index (χ0v) is 17.0. The number of carbonyl (C=O) groups excluding carboxylic acids is 2. The van der Waals surface area contributed by atoms with Crippen LogP contribution >= 0.6 is 0 Å². The van der Waals surface area contributed by atoms with Gasteiger partial charge in [-0.25, -0.2) is 0 Å². The van der Waals surface area contributed by atoms with Crippen LogP contribution in [0.5, 0.6) is 0 Å². The van der Waals surface area contributed by atoms with E-state index in [2.05, 4.69) is 10.2 Å². The Kier molecular flexibility index (Phi) is 6.25. The lowest BCUT2D eigenvalue weighted by Gasteiger charge is -2.32. The maximum Gasteiger partial charge on any atom is 0.225 e. The molecule has 7 heteroatoms. The van der Waals surface area contributed by atoms with Gasteiger partial charge in [0, 0.05) is 43.8 Å². The van der Waals surface area contributed by atoms with E-state index in [1.54, 1.807) is 4.90 Å². The van der Waals surface area contributed by atoms with Crippen LogP contribution < -0.4 is 10.2 Å². The second-order valence-corrected chi connectivity index (χ2v) is 8.53. The van der Waals surface area contributed by atoms with Gasteiger partial charge in [-0.3, -0.25) is 9.59 Å². The molecule has 2 amide bonds. The fraction of sp³-hybridized carbons (Fsp3) is 0.619. The number of aliphatic hydroxyl groups excluding tert-OH is 1. The van der Waals surface area contributed by atoms with Crippen LogP contribution in [0.25, 0.3) is 0 Å². The Morgan fingerprint density at radius 3 is 2.46 bits per heavy atom. The zero-order chi connectivity index (χ0) is 20.3. The Bertz CT molecular complexity index is 693. The Morgan fingerprint density at radius 1 is 1.25 bits per heavy atom. The number of ether oxygens (including phenoxy) is 1. The van der Waals surface area contributed by atoms with Gasteiger partial charge in [-0.15, -0.1) is 0 Å². The fourth-order valence-electron chi connectivity index (χ4n) is 3.72. The number of anilines is 1.